The lowest BCUT2D eigenvalue weighted by Crippen LogP contribution is -2.21. The van der Waals surface area contributed by atoms with Crippen LogP contribution < -0.4 is 20.1 Å². The first-order valence-electron chi connectivity index (χ1n) is 8.12. The maximum atomic E-state index is 12.0. The number of amides is 1. The number of benzene rings is 2. The number of carbonyl (C=O) groups excluding carboxylic acids is 1. The Balaban J connectivity index is 1.81. The molecule has 0 fully saturated rings. The molecule has 0 saturated heterocycles. The van der Waals surface area contributed by atoms with Gasteiger partial charge in [-0.2, -0.15) is 0 Å². The standard InChI is InChI=1S/C19H24N2O3/c1-3-4-12-24-18-7-5-6-16(13-18)21-19(22)14-20-15-8-10-17(23-2)11-9-15/h5-11,13,20H,3-4,12,14H2,1-2H3,(H,21,22). The van der Waals surface area contributed by atoms with Crippen LogP contribution in [0, 0.1) is 0 Å². The lowest BCUT2D eigenvalue weighted by Gasteiger charge is -2.10. The zero-order valence-electron chi connectivity index (χ0n) is 14.2. The molecule has 0 aliphatic carbocycles. The average molecular weight is 328 g/mol. The van der Waals surface area contributed by atoms with E-state index < -0.39 is 0 Å². The Morgan fingerprint density at radius 3 is 2.54 bits per heavy atom. The molecule has 0 unspecified atom stereocenters. The van der Waals surface area contributed by atoms with Crippen molar-refractivity contribution in [2.75, 3.05) is 30.9 Å². The number of carbonyl (C=O) groups is 1. The Morgan fingerprint density at radius 1 is 1.04 bits per heavy atom. The number of nitrogens with one attached hydrogen (secondary N) is 2. The van der Waals surface area contributed by atoms with E-state index in [1.54, 1.807) is 7.11 Å². The third kappa shape index (κ3) is 5.83. The van der Waals surface area contributed by atoms with Crippen molar-refractivity contribution in [2.45, 2.75) is 19.8 Å². The van der Waals surface area contributed by atoms with Crippen LogP contribution in [0.15, 0.2) is 48.5 Å². The summed E-state index contributed by atoms with van der Waals surface area (Å²) in [5.41, 5.74) is 1.59. The van der Waals surface area contributed by atoms with Gasteiger partial charge < -0.3 is 20.1 Å². The van der Waals surface area contributed by atoms with Gasteiger partial charge in [0.1, 0.15) is 11.5 Å². The van der Waals surface area contributed by atoms with Crippen LogP contribution in [0.2, 0.25) is 0 Å². The summed E-state index contributed by atoms with van der Waals surface area (Å²) < 4.78 is 10.7. The quantitative estimate of drug-likeness (QED) is 0.685. The number of unbranched alkanes of at least 4 members (excludes halogenated alkanes) is 1. The van der Waals surface area contributed by atoms with Crippen molar-refractivity contribution >= 4 is 17.3 Å². The van der Waals surface area contributed by atoms with Crippen LogP contribution in [-0.2, 0) is 4.79 Å². The molecule has 0 spiro atoms. The molecule has 0 aliphatic rings. The van der Waals surface area contributed by atoms with E-state index in [2.05, 4.69) is 17.6 Å². The van der Waals surface area contributed by atoms with Gasteiger partial charge in [0.2, 0.25) is 5.91 Å². The third-order valence-corrected chi connectivity index (χ3v) is 3.43. The molecule has 1 amide bonds. The van der Waals surface area contributed by atoms with Crippen LogP contribution in [0.3, 0.4) is 0 Å². The van der Waals surface area contributed by atoms with Gasteiger partial charge in [-0.3, -0.25) is 4.79 Å². The van der Waals surface area contributed by atoms with Crippen LogP contribution in [0.5, 0.6) is 11.5 Å². The highest BCUT2D eigenvalue weighted by molar-refractivity contribution is 5.93. The van der Waals surface area contributed by atoms with E-state index in [9.17, 15) is 4.79 Å². The smallest absolute Gasteiger partial charge is 0.243 e. The minimum Gasteiger partial charge on any atom is -0.497 e. The molecule has 128 valence electrons. The van der Waals surface area contributed by atoms with E-state index in [0.717, 1.165) is 35.7 Å². The Hall–Kier alpha value is -2.69. The van der Waals surface area contributed by atoms with Crippen molar-refractivity contribution in [1.29, 1.82) is 0 Å². The minimum atomic E-state index is -0.114. The molecular weight excluding hydrogens is 304 g/mol. The van der Waals surface area contributed by atoms with E-state index in [1.807, 2.05) is 48.5 Å². The molecule has 0 saturated carbocycles. The van der Waals surface area contributed by atoms with Crippen LogP contribution in [0.25, 0.3) is 0 Å². The van der Waals surface area contributed by atoms with Gasteiger partial charge in [-0.25, -0.2) is 0 Å². The number of hydrogen-bond acceptors (Lipinski definition) is 4. The highest BCUT2D eigenvalue weighted by Gasteiger charge is 2.04. The second-order valence-electron chi connectivity index (χ2n) is 5.36. The summed E-state index contributed by atoms with van der Waals surface area (Å²) >= 11 is 0. The molecule has 0 aliphatic heterocycles. The molecule has 2 N–H and O–H groups in total. The molecule has 0 heterocycles. The lowest BCUT2D eigenvalue weighted by molar-refractivity contribution is -0.114. The summed E-state index contributed by atoms with van der Waals surface area (Å²) in [5, 5.41) is 5.93. The molecule has 5 nitrogen and oxygen atoms in total. The summed E-state index contributed by atoms with van der Waals surface area (Å²) in [6, 6.07) is 14.9. The van der Waals surface area contributed by atoms with E-state index in [4.69, 9.17) is 9.47 Å². The van der Waals surface area contributed by atoms with Crippen molar-refractivity contribution in [3.63, 3.8) is 0 Å². The molecule has 2 aromatic rings. The van der Waals surface area contributed by atoms with Gasteiger partial charge in [-0.15, -0.1) is 0 Å². The second kappa shape index (κ2) is 9.45. The summed E-state index contributed by atoms with van der Waals surface area (Å²) in [4.78, 5) is 12.0. The van der Waals surface area contributed by atoms with Gasteiger partial charge in [0.25, 0.3) is 0 Å². The van der Waals surface area contributed by atoms with Gasteiger partial charge in [-0.05, 0) is 42.8 Å². The maximum absolute atomic E-state index is 12.0. The first-order valence-corrected chi connectivity index (χ1v) is 8.12. The van der Waals surface area contributed by atoms with Crippen molar-refractivity contribution in [1.82, 2.24) is 0 Å². The van der Waals surface area contributed by atoms with Gasteiger partial charge in [0, 0.05) is 17.4 Å². The topological polar surface area (TPSA) is 59.6 Å². The molecule has 0 radical (unpaired) electrons. The average Bonchev–Trinajstić information content (AvgIpc) is 2.61. The molecule has 2 aromatic carbocycles. The SMILES string of the molecule is CCCCOc1cccc(NC(=O)CNc2ccc(OC)cc2)c1. The Bertz CT molecular complexity index is 641. The van der Waals surface area contributed by atoms with Gasteiger partial charge >= 0.3 is 0 Å². The molecule has 24 heavy (non-hydrogen) atoms. The summed E-state index contributed by atoms with van der Waals surface area (Å²) in [6.07, 6.45) is 2.11. The summed E-state index contributed by atoms with van der Waals surface area (Å²) in [6.45, 7) is 3.00. The number of anilines is 2. The second-order valence-corrected chi connectivity index (χ2v) is 5.36. The third-order valence-electron chi connectivity index (χ3n) is 3.43. The van der Waals surface area contributed by atoms with E-state index >= 15 is 0 Å². The Kier molecular flexibility index (Phi) is 6.95. The van der Waals surface area contributed by atoms with Gasteiger partial charge in [0.15, 0.2) is 0 Å². The number of hydrogen-bond donors (Lipinski definition) is 2. The molecule has 2 rings (SSSR count). The largest absolute Gasteiger partial charge is 0.497 e. The summed E-state index contributed by atoms with van der Waals surface area (Å²) in [7, 11) is 1.62. The van der Waals surface area contributed by atoms with Crippen LogP contribution >= 0.6 is 0 Å². The number of rotatable bonds is 9. The number of methoxy groups -OCH3 is 1. The molecule has 0 bridgehead atoms. The van der Waals surface area contributed by atoms with E-state index in [-0.39, 0.29) is 12.5 Å². The Labute approximate surface area is 143 Å². The predicted octanol–water partition coefficient (Wildman–Crippen LogP) is 3.92. The van der Waals surface area contributed by atoms with Crippen LogP contribution in [0.4, 0.5) is 11.4 Å². The molecule has 0 aromatic heterocycles. The zero-order valence-corrected chi connectivity index (χ0v) is 14.2. The molecule has 0 atom stereocenters. The molecule has 5 heteroatoms. The van der Waals surface area contributed by atoms with Gasteiger partial charge in [0.05, 0.1) is 20.3 Å². The maximum Gasteiger partial charge on any atom is 0.243 e. The normalized spacial score (nSPS) is 10.1. The van der Waals surface area contributed by atoms with Crippen molar-refractivity contribution in [3.05, 3.63) is 48.5 Å². The van der Waals surface area contributed by atoms with Crippen molar-refractivity contribution in [2.24, 2.45) is 0 Å². The molecular formula is C19H24N2O3. The number of ether oxygens (including phenoxy) is 2. The van der Waals surface area contributed by atoms with Crippen molar-refractivity contribution in [3.8, 4) is 11.5 Å². The minimum absolute atomic E-state index is 0.114. The van der Waals surface area contributed by atoms with Gasteiger partial charge in [-0.1, -0.05) is 19.4 Å². The predicted molar refractivity (Wildman–Crippen MR) is 97.0 cm³/mol. The van der Waals surface area contributed by atoms with E-state index in [1.165, 1.54) is 0 Å². The fraction of sp³-hybridized carbons (Fsp3) is 0.316. The van der Waals surface area contributed by atoms with E-state index in [0.29, 0.717) is 6.61 Å². The summed E-state index contributed by atoms with van der Waals surface area (Å²) in [5.74, 6) is 1.44. The fourth-order valence-corrected chi connectivity index (χ4v) is 2.09. The zero-order chi connectivity index (χ0) is 17.2. The van der Waals surface area contributed by atoms with Crippen LogP contribution in [-0.4, -0.2) is 26.2 Å². The first-order chi connectivity index (χ1) is 11.7. The lowest BCUT2D eigenvalue weighted by atomic mass is 10.3. The highest BCUT2D eigenvalue weighted by Crippen LogP contribution is 2.18. The van der Waals surface area contributed by atoms with Crippen molar-refractivity contribution < 1.29 is 14.3 Å². The highest BCUT2D eigenvalue weighted by atomic mass is 16.5. The fourth-order valence-electron chi connectivity index (χ4n) is 2.09. The monoisotopic (exact) mass is 328 g/mol. The Morgan fingerprint density at radius 2 is 1.83 bits per heavy atom. The van der Waals surface area contributed by atoms with Crippen LogP contribution in [0.1, 0.15) is 19.8 Å². The first kappa shape index (κ1) is 17.7.